The van der Waals surface area contributed by atoms with E-state index in [1.807, 2.05) is 19.1 Å². The number of rotatable bonds is 6. The van der Waals surface area contributed by atoms with Crippen molar-refractivity contribution in [3.63, 3.8) is 0 Å². The molecule has 0 amide bonds. The number of carbonyl (C=O) groups excluding carboxylic acids is 1. The van der Waals surface area contributed by atoms with E-state index >= 15 is 0 Å². The average Bonchev–Trinajstić information content (AvgIpc) is 3.33. The first-order valence-electron chi connectivity index (χ1n) is 9.44. The number of aromatic nitrogens is 3. The molecule has 140 valence electrons. The maximum Gasteiger partial charge on any atom is 0.192 e. The highest BCUT2D eigenvalue weighted by Gasteiger charge is 2.32. The third-order valence-corrected chi connectivity index (χ3v) is 5.86. The van der Waals surface area contributed by atoms with E-state index in [0.29, 0.717) is 12.0 Å². The zero-order valence-electron chi connectivity index (χ0n) is 16.6. The molecular formula is C21H29N3OS. The van der Waals surface area contributed by atoms with Crippen LogP contribution in [0.25, 0.3) is 0 Å². The second-order valence-electron chi connectivity index (χ2n) is 8.55. The van der Waals surface area contributed by atoms with Gasteiger partial charge in [-0.2, -0.15) is 0 Å². The highest BCUT2D eigenvalue weighted by atomic mass is 32.2. The Kier molecular flexibility index (Phi) is 5.29. The summed E-state index contributed by atoms with van der Waals surface area (Å²) < 4.78 is 2.25. The SMILES string of the molecule is CC(Sc1nnc(C(C)C)n1C1CC1)C(=O)c1ccc(C(C)(C)C)cc1. The molecule has 0 spiro atoms. The highest BCUT2D eigenvalue weighted by Crippen LogP contribution is 2.41. The second-order valence-corrected chi connectivity index (χ2v) is 9.86. The van der Waals surface area contributed by atoms with Gasteiger partial charge in [-0.1, -0.05) is 70.6 Å². The van der Waals surface area contributed by atoms with Crippen molar-refractivity contribution in [2.24, 2.45) is 0 Å². The Labute approximate surface area is 160 Å². The van der Waals surface area contributed by atoms with E-state index in [4.69, 9.17) is 0 Å². The largest absolute Gasteiger partial charge is 0.303 e. The molecule has 1 aromatic carbocycles. The third kappa shape index (κ3) is 4.03. The molecule has 0 radical (unpaired) electrons. The van der Waals surface area contributed by atoms with Crippen molar-refractivity contribution in [3.8, 4) is 0 Å². The van der Waals surface area contributed by atoms with Crippen LogP contribution in [0.5, 0.6) is 0 Å². The molecule has 1 aliphatic carbocycles. The van der Waals surface area contributed by atoms with Crippen molar-refractivity contribution in [1.82, 2.24) is 14.8 Å². The molecule has 1 saturated carbocycles. The summed E-state index contributed by atoms with van der Waals surface area (Å²) in [5, 5.41) is 9.46. The summed E-state index contributed by atoms with van der Waals surface area (Å²) in [6.07, 6.45) is 2.36. The molecule has 3 rings (SSSR count). The van der Waals surface area contributed by atoms with E-state index in [1.165, 1.54) is 30.2 Å². The van der Waals surface area contributed by atoms with E-state index in [9.17, 15) is 4.79 Å². The fourth-order valence-corrected chi connectivity index (χ4v) is 4.02. The van der Waals surface area contributed by atoms with Crippen LogP contribution in [0.1, 0.15) is 88.1 Å². The number of nitrogens with zero attached hydrogens (tertiary/aromatic N) is 3. The first kappa shape index (κ1) is 19.2. The first-order chi connectivity index (χ1) is 12.2. The minimum atomic E-state index is -0.183. The van der Waals surface area contributed by atoms with Crippen LogP contribution >= 0.6 is 11.8 Å². The zero-order chi connectivity index (χ0) is 19.1. The van der Waals surface area contributed by atoms with Gasteiger partial charge in [0.05, 0.1) is 5.25 Å². The maximum absolute atomic E-state index is 12.9. The van der Waals surface area contributed by atoms with Crippen molar-refractivity contribution >= 4 is 17.5 Å². The Morgan fingerprint density at radius 3 is 2.23 bits per heavy atom. The van der Waals surface area contributed by atoms with Crippen LogP contribution in [-0.2, 0) is 5.41 Å². The summed E-state index contributed by atoms with van der Waals surface area (Å²) in [5.74, 6) is 1.52. The van der Waals surface area contributed by atoms with E-state index in [1.54, 1.807) is 0 Å². The van der Waals surface area contributed by atoms with Gasteiger partial charge in [-0.05, 0) is 30.7 Å². The molecule has 0 aliphatic heterocycles. The number of Topliss-reactive ketones (excluding diaryl/α,β-unsaturated/α-hetero) is 1. The summed E-state index contributed by atoms with van der Waals surface area (Å²) in [5.41, 5.74) is 2.10. The Balaban J connectivity index is 1.76. The van der Waals surface area contributed by atoms with Gasteiger partial charge in [0.2, 0.25) is 0 Å². The summed E-state index contributed by atoms with van der Waals surface area (Å²) in [4.78, 5) is 12.9. The number of thioether (sulfide) groups is 1. The highest BCUT2D eigenvalue weighted by molar-refractivity contribution is 8.00. The molecule has 1 atom stereocenters. The van der Waals surface area contributed by atoms with E-state index in [2.05, 4.69) is 61.5 Å². The van der Waals surface area contributed by atoms with Crippen LogP contribution in [0, 0.1) is 0 Å². The number of hydrogen-bond acceptors (Lipinski definition) is 4. The lowest BCUT2D eigenvalue weighted by Crippen LogP contribution is -2.16. The zero-order valence-corrected chi connectivity index (χ0v) is 17.4. The fraction of sp³-hybridized carbons (Fsp3) is 0.571. The van der Waals surface area contributed by atoms with E-state index < -0.39 is 0 Å². The van der Waals surface area contributed by atoms with Gasteiger partial charge in [-0.3, -0.25) is 4.79 Å². The van der Waals surface area contributed by atoms with Crippen LogP contribution in [0.4, 0.5) is 0 Å². The normalized spacial score (nSPS) is 16.1. The summed E-state index contributed by atoms with van der Waals surface area (Å²) in [7, 11) is 0. The lowest BCUT2D eigenvalue weighted by atomic mass is 9.86. The minimum Gasteiger partial charge on any atom is -0.303 e. The van der Waals surface area contributed by atoms with Gasteiger partial charge in [-0.25, -0.2) is 0 Å². The van der Waals surface area contributed by atoms with Crippen LogP contribution in [0.2, 0.25) is 0 Å². The van der Waals surface area contributed by atoms with Crippen LogP contribution in [0.15, 0.2) is 29.4 Å². The Morgan fingerprint density at radius 2 is 1.73 bits per heavy atom. The van der Waals surface area contributed by atoms with Crippen LogP contribution < -0.4 is 0 Å². The number of ketones is 1. The summed E-state index contributed by atoms with van der Waals surface area (Å²) in [6.45, 7) is 12.8. The number of hydrogen-bond donors (Lipinski definition) is 0. The minimum absolute atomic E-state index is 0.0931. The van der Waals surface area contributed by atoms with Crippen molar-refractivity contribution < 1.29 is 4.79 Å². The number of benzene rings is 1. The molecular weight excluding hydrogens is 342 g/mol. The molecule has 1 unspecified atom stereocenters. The molecule has 0 N–H and O–H groups in total. The molecule has 2 aromatic rings. The fourth-order valence-electron chi connectivity index (χ4n) is 3.02. The molecule has 1 heterocycles. The van der Waals surface area contributed by atoms with Crippen molar-refractivity contribution in [2.75, 3.05) is 0 Å². The molecule has 0 saturated heterocycles. The van der Waals surface area contributed by atoms with Gasteiger partial charge in [0.25, 0.3) is 0 Å². The van der Waals surface area contributed by atoms with E-state index in [0.717, 1.165) is 16.5 Å². The monoisotopic (exact) mass is 371 g/mol. The standard InChI is InChI=1S/C21H29N3OS/c1-13(2)19-22-23-20(24(19)17-11-12-17)26-14(3)18(25)15-7-9-16(10-8-15)21(4,5)6/h7-10,13-14,17H,11-12H2,1-6H3. The van der Waals surface area contributed by atoms with Gasteiger partial charge in [0.15, 0.2) is 10.9 Å². The second kappa shape index (κ2) is 7.18. The molecule has 1 aromatic heterocycles. The molecule has 4 nitrogen and oxygen atoms in total. The van der Waals surface area contributed by atoms with Gasteiger partial charge >= 0.3 is 0 Å². The van der Waals surface area contributed by atoms with Crippen LogP contribution in [0.3, 0.4) is 0 Å². The molecule has 5 heteroatoms. The van der Waals surface area contributed by atoms with Crippen molar-refractivity contribution in [1.29, 1.82) is 0 Å². The predicted molar refractivity (Wildman–Crippen MR) is 107 cm³/mol. The van der Waals surface area contributed by atoms with E-state index in [-0.39, 0.29) is 16.4 Å². The van der Waals surface area contributed by atoms with Gasteiger partial charge < -0.3 is 4.57 Å². The van der Waals surface area contributed by atoms with Gasteiger partial charge in [0, 0.05) is 17.5 Å². The van der Waals surface area contributed by atoms with Crippen LogP contribution in [-0.4, -0.2) is 25.8 Å². The summed E-state index contributed by atoms with van der Waals surface area (Å²) in [6, 6.07) is 8.54. The average molecular weight is 372 g/mol. The predicted octanol–water partition coefficient (Wildman–Crippen LogP) is 5.40. The first-order valence-corrected chi connectivity index (χ1v) is 10.3. The maximum atomic E-state index is 12.9. The Hall–Kier alpha value is -1.62. The Bertz CT molecular complexity index is 783. The van der Waals surface area contributed by atoms with Crippen molar-refractivity contribution in [3.05, 3.63) is 41.2 Å². The smallest absolute Gasteiger partial charge is 0.192 e. The summed E-state index contributed by atoms with van der Waals surface area (Å²) >= 11 is 1.53. The third-order valence-electron chi connectivity index (χ3n) is 4.81. The lowest BCUT2D eigenvalue weighted by Gasteiger charge is -2.19. The van der Waals surface area contributed by atoms with Gasteiger partial charge in [0.1, 0.15) is 5.82 Å². The quantitative estimate of drug-likeness (QED) is 0.504. The lowest BCUT2D eigenvalue weighted by molar-refractivity contribution is 0.0993. The van der Waals surface area contributed by atoms with Crippen molar-refractivity contribution in [2.45, 2.75) is 82.2 Å². The molecule has 26 heavy (non-hydrogen) atoms. The molecule has 1 fully saturated rings. The Morgan fingerprint density at radius 1 is 1.12 bits per heavy atom. The van der Waals surface area contributed by atoms with Gasteiger partial charge in [-0.15, -0.1) is 10.2 Å². The number of carbonyl (C=O) groups is 1. The molecule has 1 aliphatic rings. The topological polar surface area (TPSA) is 47.8 Å². The molecule has 0 bridgehead atoms.